The third-order valence-electron chi connectivity index (χ3n) is 3.44. The summed E-state index contributed by atoms with van der Waals surface area (Å²) in [5, 5.41) is 0.366. The lowest BCUT2D eigenvalue weighted by molar-refractivity contribution is 0.281. The predicted octanol–water partition coefficient (Wildman–Crippen LogP) is 3.42. The Balaban J connectivity index is 2.41. The van der Waals surface area contributed by atoms with Gasteiger partial charge in [-0.1, -0.05) is 30.1 Å². The number of hydrogen-bond donors (Lipinski definition) is 0. The smallest absolute Gasteiger partial charge is 0.244 e. The topological polar surface area (TPSA) is 46.6 Å². The van der Waals surface area contributed by atoms with Crippen molar-refractivity contribution in [3.05, 3.63) is 22.2 Å². The van der Waals surface area contributed by atoms with Crippen molar-refractivity contribution in [3.63, 3.8) is 0 Å². The molecule has 0 amide bonds. The fraction of sp³-hybridized carbons (Fsp3) is 0.538. The maximum absolute atomic E-state index is 12.6. The molecule has 1 aromatic rings. The lowest BCUT2D eigenvalue weighted by Gasteiger charge is -2.30. The van der Waals surface area contributed by atoms with E-state index in [0.29, 0.717) is 24.8 Å². The number of piperidine rings is 1. The van der Waals surface area contributed by atoms with Gasteiger partial charge in [0.05, 0.1) is 17.2 Å². The van der Waals surface area contributed by atoms with E-state index < -0.39 is 10.0 Å². The molecule has 2 rings (SSSR count). The molecule has 1 aromatic carbocycles. The zero-order valence-electron chi connectivity index (χ0n) is 11.4. The van der Waals surface area contributed by atoms with Crippen LogP contribution in [-0.4, -0.2) is 32.9 Å². The van der Waals surface area contributed by atoms with Crippen molar-refractivity contribution in [2.75, 3.05) is 20.2 Å². The summed E-state index contributed by atoms with van der Waals surface area (Å²) >= 11 is 12.1. The summed E-state index contributed by atoms with van der Waals surface area (Å²) in [6.07, 6.45) is 1.91. The summed E-state index contributed by atoms with van der Waals surface area (Å²) in [5.41, 5.74) is 0. The molecule has 4 nitrogen and oxygen atoms in total. The van der Waals surface area contributed by atoms with Crippen LogP contribution in [0.15, 0.2) is 17.0 Å². The van der Waals surface area contributed by atoms with Crippen LogP contribution in [0.3, 0.4) is 0 Å². The first-order valence-electron chi connectivity index (χ1n) is 6.39. The highest BCUT2D eigenvalue weighted by atomic mass is 35.5. The van der Waals surface area contributed by atoms with Gasteiger partial charge in [-0.05, 0) is 24.8 Å². The number of hydrogen-bond acceptors (Lipinski definition) is 3. The van der Waals surface area contributed by atoms with Gasteiger partial charge in [-0.2, -0.15) is 4.31 Å². The van der Waals surface area contributed by atoms with E-state index in [1.807, 2.05) is 6.92 Å². The molecule has 7 heteroatoms. The number of ether oxygens (including phenoxy) is 1. The van der Waals surface area contributed by atoms with Crippen molar-refractivity contribution in [2.24, 2.45) is 5.92 Å². The highest BCUT2D eigenvalue weighted by Gasteiger charge is 2.31. The molecule has 0 bridgehead atoms. The summed E-state index contributed by atoms with van der Waals surface area (Å²) in [5.74, 6) is 0.716. The monoisotopic (exact) mass is 337 g/mol. The summed E-state index contributed by atoms with van der Waals surface area (Å²) in [4.78, 5) is 0.0408. The van der Waals surface area contributed by atoms with Gasteiger partial charge in [-0.15, -0.1) is 0 Å². The second-order valence-corrected chi connectivity index (χ2v) is 7.75. The molecule has 1 fully saturated rings. The van der Waals surface area contributed by atoms with Crippen molar-refractivity contribution in [2.45, 2.75) is 24.7 Å². The van der Waals surface area contributed by atoms with Gasteiger partial charge in [0.25, 0.3) is 0 Å². The maximum Gasteiger partial charge on any atom is 0.244 e. The molecule has 0 saturated carbocycles. The van der Waals surface area contributed by atoms with Gasteiger partial charge in [0.1, 0.15) is 10.6 Å². The minimum Gasteiger partial charge on any atom is -0.495 e. The second-order valence-electron chi connectivity index (χ2n) is 5.03. The molecule has 1 heterocycles. The van der Waals surface area contributed by atoms with Crippen LogP contribution < -0.4 is 4.74 Å². The minimum absolute atomic E-state index is 0.0408. The first kappa shape index (κ1) is 15.9. The van der Waals surface area contributed by atoms with E-state index in [0.717, 1.165) is 12.8 Å². The van der Waals surface area contributed by atoms with E-state index in [4.69, 9.17) is 27.9 Å². The summed E-state index contributed by atoms with van der Waals surface area (Å²) in [6.45, 7) is 3.08. The molecule has 1 saturated heterocycles. The molecule has 0 unspecified atom stereocenters. The van der Waals surface area contributed by atoms with Crippen LogP contribution in [0.5, 0.6) is 5.75 Å². The van der Waals surface area contributed by atoms with E-state index in [1.54, 1.807) is 0 Å². The van der Waals surface area contributed by atoms with Gasteiger partial charge in [-0.3, -0.25) is 0 Å². The highest BCUT2D eigenvalue weighted by Crippen LogP contribution is 2.35. The van der Waals surface area contributed by atoms with E-state index in [1.165, 1.54) is 23.5 Å². The average Bonchev–Trinajstić information content (AvgIpc) is 2.40. The van der Waals surface area contributed by atoms with Crippen molar-refractivity contribution in [1.29, 1.82) is 0 Å². The Morgan fingerprint density at radius 3 is 2.60 bits per heavy atom. The normalized spacial score (nSPS) is 20.9. The molecule has 0 aliphatic carbocycles. The zero-order chi connectivity index (χ0) is 14.9. The third kappa shape index (κ3) is 3.06. The Bertz CT molecular complexity index is 604. The number of benzene rings is 1. The molecule has 112 valence electrons. The van der Waals surface area contributed by atoms with Gasteiger partial charge in [0, 0.05) is 19.2 Å². The van der Waals surface area contributed by atoms with Crippen LogP contribution >= 0.6 is 23.2 Å². The van der Waals surface area contributed by atoms with Gasteiger partial charge >= 0.3 is 0 Å². The fourth-order valence-corrected chi connectivity index (χ4v) is 4.79. The third-order valence-corrected chi connectivity index (χ3v) is 6.07. The van der Waals surface area contributed by atoms with E-state index in [2.05, 4.69) is 0 Å². The molecule has 0 spiro atoms. The predicted molar refractivity (Wildman–Crippen MR) is 80.2 cm³/mol. The van der Waals surface area contributed by atoms with Crippen molar-refractivity contribution < 1.29 is 13.2 Å². The van der Waals surface area contributed by atoms with Gasteiger partial charge in [0.2, 0.25) is 10.0 Å². The Kier molecular flexibility index (Phi) is 4.84. The molecule has 0 aromatic heterocycles. The number of rotatable bonds is 3. The number of halogens is 2. The Hall–Kier alpha value is -0.490. The van der Waals surface area contributed by atoms with Crippen LogP contribution in [0, 0.1) is 5.92 Å². The molecular formula is C13H17Cl2NO3S. The minimum atomic E-state index is -3.61. The summed E-state index contributed by atoms with van der Waals surface area (Å²) in [6, 6.07) is 2.79. The molecule has 20 heavy (non-hydrogen) atoms. The summed E-state index contributed by atoms with van der Waals surface area (Å²) in [7, 11) is -2.16. The molecule has 0 N–H and O–H groups in total. The van der Waals surface area contributed by atoms with Crippen LogP contribution in [-0.2, 0) is 10.0 Å². The van der Waals surface area contributed by atoms with E-state index in [-0.39, 0.29) is 14.9 Å². The van der Waals surface area contributed by atoms with Crippen molar-refractivity contribution in [1.82, 2.24) is 4.31 Å². The van der Waals surface area contributed by atoms with Gasteiger partial charge in [0.15, 0.2) is 0 Å². The number of nitrogens with zero attached hydrogens (tertiary/aromatic N) is 1. The molecule has 1 atom stereocenters. The second kappa shape index (κ2) is 6.10. The van der Waals surface area contributed by atoms with Crippen LogP contribution in [0.4, 0.5) is 0 Å². The maximum atomic E-state index is 12.6. The summed E-state index contributed by atoms with van der Waals surface area (Å²) < 4.78 is 31.8. The zero-order valence-corrected chi connectivity index (χ0v) is 13.7. The van der Waals surface area contributed by atoms with E-state index >= 15 is 0 Å². The number of methoxy groups -OCH3 is 1. The molecular weight excluding hydrogens is 321 g/mol. The standard InChI is InChI=1S/C13H17Cl2NO3S/c1-9-4-3-5-16(8-9)20(17,18)13-7-10(14)12(19-2)6-11(13)15/h6-7,9H,3-5,8H2,1-2H3/t9-/m1/s1. The van der Waals surface area contributed by atoms with Crippen molar-refractivity contribution >= 4 is 33.2 Å². The van der Waals surface area contributed by atoms with Crippen LogP contribution in [0.25, 0.3) is 0 Å². The molecule has 1 aliphatic heterocycles. The Morgan fingerprint density at radius 2 is 2.00 bits per heavy atom. The van der Waals surface area contributed by atoms with Crippen molar-refractivity contribution in [3.8, 4) is 5.75 Å². The molecule has 1 aliphatic rings. The lowest BCUT2D eigenvalue weighted by Crippen LogP contribution is -2.39. The first-order valence-corrected chi connectivity index (χ1v) is 8.59. The van der Waals surface area contributed by atoms with Crippen LogP contribution in [0.2, 0.25) is 10.0 Å². The van der Waals surface area contributed by atoms with Crippen LogP contribution in [0.1, 0.15) is 19.8 Å². The number of sulfonamides is 1. The SMILES string of the molecule is COc1cc(Cl)c(S(=O)(=O)N2CCC[C@@H](C)C2)cc1Cl. The lowest BCUT2D eigenvalue weighted by atomic mass is 10.0. The highest BCUT2D eigenvalue weighted by molar-refractivity contribution is 7.89. The first-order chi connectivity index (χ1) is 9.36. The Labute approximate surface area is 129 Å². The largest absolute Gasteiger partial charge is 0.495 e. The van der Waals surface area contributed by atoms with Gasteiger partial charge in [-0.25, -0.2) is 8.42 Å². The van der Waals surface area contributed by atoms with Gasteiger partial charge < -0.3 is 4.74 Å². The fourth-order valence-electron chi connectivity index (χ4n) is 2.37. The van der Waals surface area contributed by atoms with E-state index in [9.17, 15) is 8.42 Å². The quantitative estimate of drug-likeness (QED) is 0.848. The molecule has 0 radical (unpaired) electrons. The Morgan fingerprint density at radius 1 is 1.30 bits per heavy atom. The average molecular weight is 338 g/mol.